The predicted molar refractivity (Wildman–Crippen MR) is 132 cm³/mol. The highest BCUT2D eigenvalue weighted by Crippen LogP contribution is 2.30. The SMILES string of the molecule is Cc1cccc(C(CNC(=O)c2cc([N+](=O)[O-])ccc2N2CCC(C)CC2)N2CCOCC2)c1. The summed E-state index contributed by atoms with van der Waals surface area (Å²) in [5.74, 6) is 0.374. The van der Waals surface area contributed by atoms with Gasteiger partial charge in [0.1, 0.15) is 0 Å². The predicted octanol–water partition coefficient (Wildman–Crippen LogP) is 3.94. The molecule has 8 heteroatoms. The summed E-state index contributed by atoms with van der Waals surface area (Å²) in [5, 5.41) is 14.5. The van der Waals surface area contributed by atoms with Crippen molar-refractivity contribution in [1.82, 2.24) is 10.2 Å². The van der Waals surface area contributed by atoms with Crippen molar-refractivity contribution in [3.05, 3.63) is 69.3 Å². The average Bonchev–Trinajstić information content (AvgIpc) is 2.85. The minimum atomic E-state index is -0.442. The Bertz CT molecular complexity index is 1010. The molecule has 2 saturated heterocycles. The van der Waals surface area contributed by atoms with Gasteiger partial charge in [-0.1, -0.05) is 36.8 Å². The van der Waals surface area contributed by atoms with Crippen LogP contribution in [0.2, 0.25) is 0 Å². The maximum atomic E-state index is 13.4. The van der Waals surface area contributed by atoms with E-state index < -0.39 is 4.92 Å². The van der Waals surface area contributed by atoms with Crippen LogP contribution in [-0.2, 0) is 4.74 Å². The Kier molecular flexibility index (Phi) is 7.80. The summed E-state index contributed by atoms with van der Waals surface area (Å²) in [6.07, 6.45) is 2.09. The Labute approximate surface area is 201 Å². The van der Waals surface area contributed by atoms with E-state index in [4.69, 9.17) is 4.74 Å². The summed E-state index contributed by atoms with van der Waals surface area (Å²) in [4.78, 5) is 28.9. The molecule has 2 heterocycles. The van der Waals surface area contributed by atoms with E-state index in [0.717, 1.165) is 50.3 Å². The van der Waals surface area contributed by atoms with Crippen molar-refractivity contribution >= 4 is 17.3 Å². The molecule has 0 bridgehead atoms. The third-order valence-electron chi connectivity index (χ3n) is 6.93. The summed E-state index contributed by atoms with van der Waals surface area (Å²) in [5.41, 5.74) is 3.39. The maximum Gasteiger partial charge on any atom is 0.270 e. The van der Waals surface area contributed by atoms with Gasteiger partial charge in [-0.05, 0) is 37.3 Å². The van der Waals surface area contributed by atoms with Gasteiger partial charge in [0.2, 0.25) is 0 Å². The summed E-state index contributed by atoms with van der Waals surface area (Å²) in [6, 6.07) is 13.0. The van der Waals surface area contributed by atoms with Crippen molar-refractivity contribution in [1.29, 1.82) is 0 Å². The van der Waals surface area contributed by atoms with Gasteiger partial charge in [0.15, 0.2) is 0 Å². The molecule has 4 rings (SSSR count). The Morgan fingerprint density at radius 1 is 1.15 bits per heavy atom. The molecule has 0 spiro atoms. The van der Waals surface area contributed by atoms with E-state index in [0.29, 0.717) is 31.2 Å². The van der Waals surface area contributed by atoms with Crippen LogP contribution >= 0.6 is 0 Å². The van der Waals surface area contributed by atoms with Crippen LogP contribution in [0.5, 0.6) is 0 Å². The van der Waals surface area contributed by atoms with Crippen LogP contribution in [-0.4, -0.2) is 61.7 Å². The number of amides is 1. The molecule has 2 aromatic carbocycles. The lowest BCUT2D eigenvalue weighted by atomic mass is 9.97. The quantitative estimate of drug-likeness (QED) is 0.491. The fraction of sp³-hybridized carbons (Fsp3) is 0.500. The zero-order valence-electron chi connectivity index (χ0n) is 20.0. The molecule has 2 aliphatic heterocycles. The molecule has 1 N–H and O–H groups in total. The van der Waals surface area contributed by atoms with Crippen molar-refractivity contribution in [2.45, 2.75) is 32.7 Å². The van der Waals surface area contributed by atoms with Gasteiger partial charge in [0, 0.05) is 44.9 Å². The van der Waals surface area contributed by atoms with Crippen molar-refractivity contribution in [2.24, 2.45) is 5.92 Å². The largest absolute Gasteiger partial charge is 0.379 e. The number of morpholine rings is 1. The minimum absolute atomic E-state index is 0.00531. The van der Waals surface area contributed by atoms with Gasteiger partial charge in [-0.25, -0.2) is 0 Å². The number of nitrogens with one attached hydrogen (secondary N) is 1. The second-order valence-electron chi connectivity index (χ2n) is 9.42. The van der Waals surface area contributed by atoms with Crippen molar-refractivity contribution in [2.75, 3.05) is 50.8 Å². The monoisotopic (exact) mass is 466 g/mol. The minimum Gasteiger partial charge on any atom is -0.379 e. The molecule has 1 unspecified atom stereocenters. The van der Waals surface area contributed by atoms with Crippen LogP contribution in [0.3, 0.4) is 0 Å². The van der Waals surface area contributed by atoms with E-state index >= 15 is 0 Å². The van der Waals surface area contributed by atoms with E-state index in [1.807, 2.05) is 6.07 Å². The first-order chi connectivity index (χ1) is 16.4. The number of nitro groups is 1. The molecular formula is C26H34N4O4. The number of ether oxygens (including phenoxy) is 1. The van der Waals surface area contributed by atoms with Crippen molar-refractivity contribution < 1.29 is 14.5 Å². The van der Waals surface area contributed by atoms with Gasteiger partial charge in [-0.15, -0.1) is 0 Å². The number of aryl methyl sites for hydroxylation is 1. The molecular weight excluding hydrogens is 432 g/mol. The van der Waals surface area contributed by atoms with Crippen molar-refractivity contribution in [3.8, 4) is 0 Å². The summed E-state index contributed by atoms with van der Waals surface area (Å²) < 4.78 is 5.53. The number of anilines is 1. The molecule has 2 aliphatic rings. The lowest BCUT2D eigenvalue weighted by molar-refractivity contribution is -0.384. The Morgan fingerprint density at radius 2 is 1.88 bits per heavy atom. The highest BCUT2D eigenvalue weighted by Gasteiger charge is 2.26. The number of carbonyl (C=O) groups excluding carboxylic acids is 1. The standard InChI is InChI=1S/C26H34N4O4/c1-19-8-10-28(11-9-19)24-7-6-22(30(32)33)17-23(24)26(31)27-18-25(29-12-14-34-15-13-29)21-5-3-4-20(2)16-21/h3-7,16-17,19,25H,8-15,18H2,1-2H3,(H,27,31). The first-order valence-corrected chi connectivity index (χ1v) is 12.1. The lowest BCUT2D eigenvalue weighted by Gasteiger charge is -2.35. The number of hydrogen-bond donors (Lipinski definition) is 1. The van der Waals surface area contributed by atoms with E-state index in [-0.39, 0.29) is 17.6 Å². The Balaban J connectivity index is 1.57. The van der Waals surface area contributed by atoms with Crippen molar-refractivity contribution in [3.63, 3.8) is 0 Å². The number of piperidine rings is 1. The van der Waals surface area contributed by atoms with E-state index in [9.17, 15) is 14.9 Å². The van der Waals surface area contributed by atoms with Gasteiger partial charge in [-0.2, -0.15) is 0 Å². The molecule has 0 radical (unpaired) electrons. The Morgan fingerprint density at radius 3 is 2.56 bits per heavy atom. The average molecular weight is 467 g/mol. The number of carbonyl (C=O) groups is 1. The summed E-state index contributed by atoms with van der Waals surface area (Å²) in [6.45, 7) is 9.33. The molecule has 2 aromatic rings. The normalized spacial score (nSPS) is 18.5. The second-order valence-corrected chi connectivity index (χ2v) is 9.42. The fourth-order valence-corrected chi connectivity index (χ4v) is 4.85. The molecule has 1 atom stereocenters. The lowest BCUT2D eigenvalue weighted by Crippen LogP contribution is -2.44. The van der Waals surface area contributed by atoms with E-state index in [1.165, 1.54) is 17.7 Å². The van der Waals surface area contributed by atoms with Crippen LogP contribution in [0.15, 0.2) is 42.5 Å². The van der Waals surface area contributed by atoms with Gasteiger partial charge in [0.05, 0.1) is 35.4 Å². The van der Waals surface area contributed by atoms with Crippen LogP contribution in [0.4, 0.5) is 11.4 Å². The topological polar surface area (TPSA) is 87.9 Å². The van der Waals surface area contributed by atoms with E-state index in [2.05, 4.69) is 47.2 Å². The molecule has 0 aliphatic carbocycles. The highest BCUT2D eigenvalue weighted by atomic mass is 16.6. The highest BCUT2D eigenvalue weighted by molar-refractivity contribution is 6.00. The fourth-order valence-electron chi connectivity index (χ4n) is 4.85. The third-order valence-corrected chi connectivity index (χ3v) is 6.93. The Hall–Kier alpha value is -2.97. The summed E-state index contributed by atoms with van der Waals surface area (Å²) >= 11 is 0. The summed E-state index contributed by atoms with van der Waals surface area (Å²) in [7, 11) is 0. The molecule has 8 nitrogen and oxygen atoms in total. The van der Waals surface area contributed by atoms with Gasteiger partial charge >= 0.3 is 0 Å². The number of non-ortho nitro benzene ring substituents is 1. The molecule has 0 saturated carbocycles. The molecule has 0 aromatic heterocycles. The molecule has 1 amide bonds. The van der Waals surface area contributed by atoms with E-state index in [1.54, 1.807) is 6.07 Å². The maximum absolute atomic E-state index is 13.4. The number of rotatable bonds is 7. The van der Waals surface area contributed by atoms with Gasteiger partial charge in [-0.3, -0.25) is 19.8 Å². The zero-order chi connectivity index (χ0) is 24.1. The van der Waals surface area contributed by atoms with Crippen LogP contribution in [0, 0.1) is 23.0 Å². The molecule has 2 fully saturated rings. The first-order valence-electron chi connectivity index (χ1n) is 12.1. The smallest absolute Gasteiger partial charge is 0.270 e. The number of nitro benzene ring substituents is 1. The number of nitrogens with zero attached hydrogens (tertiary/aromatic N) is 3. The first kappa shape index (κ1) is 24.2. The molecule has 182 valence electrons. The second kappa shape index (κ2) is 11.0. The van der Waals surface area contributed by atoms with Crippen LogP contribution in [0.25, 0.3) is 0 Å². The zero-order valence-corrected chi connectivity index (χ0v) is 20.0. The number of hydrogen-bond acceptors (Lipinski definition) is 6. The van der Waals surface area contributed by atoms with Gasteiger partial charge in [0.25, 0.3) is 11.6 Å². The van der Waals surface area contributed by atoms with Crippen LogP contribution in [0.1, 0.15) is 47.3 Å². The third kappa shape index (κ3) is 5.74. The number of benzene rings is 2. The molecule has 34 heavy (non-hydrogen) atoms. The van der Waals surface area contributed by atoms with Crippen LogP contribution < -0.4 is 10.2 Å². The van der Waals surface area contributed by atoms with Gasteiger partial charge < -0.3 is 15.0 Å².